The van der Waals surface area contributed by atoms with E-state index < -0.39 is 11.6 Å². The van der Waals surface area contributed by atoms with Crippen molar-refractivity contribution in [2.45, 2.75) is 6.54 Å². The van der Waals surface area contributed by atoms with E-state index in [0.29, 0.717) is 16.9 Å². The molecule has 0 saturated carbocycles. The van der Waals surface area contributed by atoms with Crippen molar-refractivity contribution in [2.75, 3.05) is 0 Å². The fourth-order valence-electron chi connectivity index (χ4n) is 1.41. The molecule has 0 saturated heterocycles. The molecule has 0 aliphatic carbocycles. The number of nitrogens with zero attached hydrogens (tertiary/aromatic N) is 2. The van der Waals surface area contributed by atoms with Gasteiger partial charge in [0.15, 0.2) is 4.77 Å². The highest BCUT2D eigenvalue weighted by molar-refractivity contribution is 7.71. The minimum atomic E-state index is -0.592. The van der Waals surface area contributed by atoms with Crippen molar-refractivity contribution in [3.05, 3.63) is 58.6 Å². The Kier molecular flexibility index (Phi) is 4.72. The van der Waals surface area contributed by atoms with Crippen molar-refractivity contribution < 1.29 is 8.78 Å². The number of aromatic nitrogens is 2. The van der Waals surface area contributed by atoms with Gasteiger partial charge in [0.1, 0.15) is 11.6 Å². The van der Waals surface area contributed by atoms with E-state index in [9.17, 15) is 8.78 Å². The highest BCUT2D eigenvalue weighted by Crippen LogP contribution is 2.09. The average Bonchev–Trinajstić information content (AvgIpc) is 2.20. The Bertz CT molecular complexity index is 551. The molecule has 6 heteroatoms. The predicted molar refractivity (Wildman–Crippen MR) is 65.8 cm³/mol. The molecule has 1 aromatic heterocycles. The van der Waals surface area contributed by atoms with Gasteiger partial charge in [-0.15, -0.1) is 12.4 Å². The van der Waals surface area contributed by atoms with Crippen molar-refractivity contribution in [3.63, 3.8) is 0 Å². The van der Waals surface area contributed by atoms with Gasteiger partial charge in [-0.2, -0.15) is 0 Å². The second-order valence-corrected chi connectivity index (χ2v) is 3.67. The number of hydrogen-bond donors (Lipinski definition) is 0. The Morgan fingerprint density at radius 1 is 1.18 bits per heavy atom. The lowest BCUT2D eigenvalue weighted by molar-refractivity contribution is 0.577. The SMILES string of the molecule is Cl.Fc1cc(F)cc(Cn2cccnc2=S)c1. The molecule has 0 aliphatic rings. The number of halogens is 3. The van der Waals surface area contributed by atoms with Gasteiger partial charge in [-0.1, -0.05) is 0 Å². The lowest BCUT2D eigenvalue weighted by Crippen LogP contribution is -2.03. The van der Waals surface area contributed by atoms with E-state index in [-0.39, 0.29) is 12.4 Å². The van der Waals surface area contributed by atoms with Crippen molar-refractivity contribution in [1.29, 1.82) is 0 Å². The van der Waals surface area contributed by atoms with Gasteiger partial charge in [0.25, 0.3) is 0 Å². The van der Waals surface area contributed by atoms with Gasteiger partial charge in [0.2, 0.25) is 0 Å². The summed E-state index contributed by atoms with van der Waals surface area (Å²) in [5.74, 6) is -1.18. The van der Waals surface area contributed by atoms with Crippen molar-refractivity contribution in [1.82, 2.24) is 9.55 Å². The van der Waals surface area contributed by atoms with E-state index in [1.165, 1.54) is 12.1 Å². The molecule has 0 spiro atoms. The zero-order valence-corrected chi connectivity index (χ0v) is 10.3. The minimum Gasteiger partial charge on any atom is -0.319 e. The molecule has 17 heavy (non-hydrogen) atoms. The highest BCUT2D eigenvalue weighted by Gasteiger charge is 2.01. The molecule has 0 N–H and O–H groups in total. The molecular weight excluding hydrogens is 266 g/mol. The van der Waals surface area contributed by atoms with Crippen LogP contribution in [0.5, 0.6) is 0 Å². The third kappa shape index (κ3) is 3.57. The number of rotatable bonds is 2. The number of hydrogen-bond acceptors (Lipinski definition) is 2. The third-order valence-electron chi connectivity index (χ3n) is 2.06. The van der Waals surface area contributed by atoms with Gasteiger partial charge < -0.3 is 4.57 Å². The van der Waals surface area contributed by atoms with E-state index in [0.717, 1.165) is 6.07 Å². The van der Waals surface area contributed by atoms with Crippen LogP contribution in [0.4, 0.5) is 8.78 Å². The van der Waals surface area contributed by atoms with Crippen LogP contribution < -0.4 is 0 Å². The van der Waals surface area contributed by atoms with E-state index in [4.69, 9.17) is 12.2 Å². The van der Waals surface area contributed by atoms with Crippen LogP contribution in [0.15, 0.2) is 36.7 Å². The first-order valence-corrected chi connectivity index (χ1v) is 5.02. The summed E-state index contributed by atoms with van der Waals surface area (Å²) in [6, 6.07) is 5.10. The first-order chi connectivity index (χ1) is 7.65. The van der Waals surface area contributed by atoms with Crippen LogP contribution >= 0.6 is 24.6 Å². The molecule has 0 bridgehead atoms. The molecule has 0 radical (unpaired) electrons. The molecule has 1 heterocycles. The summed E-state index contributed by atoms with van der Waals surface area (Å²) in [7, 11) is 0. The maximum Gasteiger partial charge on any atom is 0.199 e. The van der Waals surface area contributed by atoms with Crippen LogP contribution in [0.2, 0.25) is 0 Å². The van der Waals surface area contributed by atoms with Gasteiger partial charge in [-0.3, -0.25) is 0 Å². The normalized spacial score (nSPS) is 9.76. The predicted octanol–water partition coefficient (Wildman–Crippen LogP) is 3.36. The first-order valence-electron chi connectivity index (χ1n) is 4.61. The molecule has 0 unspecified atom stereocenters. The molecule has 90 valence electrons. The summed E-state index contributed by atoms with van der Waals surface area (Å²) in [5.41, 5.74) is 0.515. The maximum absolute atomic E-state index is 12.9. The summed E-state index contributed by atoms with van der Waals surface area (Å²) < 4.78 is 27.9. The van der Waals surface area contributed by atoms with E-state index >= 15 is 0 Å². The van der Waals surface area contributed by atoms with Gasteiger partial charge in [0.05, 0.1) is 0 Å². The molecular formula is C11H9ClF2N2S. The molecule has 0 amide bonds. The molecule has 0 fully saturated rings. The Hall–Kier alpha value is -1.33. The Morgan fingerprint density at radius 2 is 1.82 bits per heavy atom. The molecule has 1 aromatic carbocycles. The molecule has 0 atom stereocenters. The summed E-state index contributed by atoms with van der Waals surface area (Å²) in [6.45, 7) is 0.307. The topological polar surface area (TPSA) is 17.8 Å². The smallest absolute Gasteiger partial charge is 0.199 e. The largest absolute Gasteiger partial charge is 0.319 e. The van der Waals surface area contributed by atoms with Crippen molar-refractivity contribution in [2.24, 2.45) is 0 Å². The van der Waals surface area contributed by atoms with E-state index in [1.807, 2.05) is 0 Å². The summed E-state index contributed by atoms with van der Waals surface area (Å²) in [4.78, 5) is 3.91. The Labute approximate surface area is 108 Å². The van der Waals surface area contributed by atoms with Gasteiger partial charge in [-0.05, 0) is 36.0 Å². The Morgan fingerprint density at radius 3 is 2.41 bits per heavy atom. The van der Waals surface area contributed by atoms with Crippen LogP contribution in [0.25, 0.3) is 0 Å². The van der Waals surface area contributed by atoms with E-state index in [2.05, 4.69) is 4.98 Å². The zero-order chi connectivity index (χ0) is 11.5. The lowest BCUT2D eigenvalue weighted by atomic mass is 10.2. The van der Waals surface area contributed by atoms with E-state index in [1.54, 1.807) is 23.0 Å². The summed E-state index contributed by atoms with van der Waals surface area (Å²) in [6.07, 6.45) is 3.29. The lowest BCUT2D eigenvalue weighted by Gasteiger charge is -2.06. The van der Waals surface area contributed by atoms with Crippen molar-refractivity contribution in [3.8, 4) is 0 Å². The van der Waals surface area contributed by atoms with Crippen LogP contribution in [-0.2, 0) is 6.54 Å². The number of benzene rings is 1. The molecule has 2 rings (SSSR count). The molecule has 2 nitrogen and oxygen atoms in total. The quantitative estimate of drug-likeness (QED) is 0.782. The monoisotopic (exact) mass is 274 g/mol. The van der Waals surface area contributed by atoms with Crippen LogP contribution in [0, 0.1) is 16.4 Å². The van der Waals surface area contributed by atoms with Crippen molar-refractivity contribution >= 4 is 24.6 Å². The van der Waals surface area contributed by atoms with Gasteiger partial charge >= 0.3 is 0 Å². The second kappa shape index (κ2) is 5.84. The van der Waals surface area contributed by atoms with Crippen LogP contribution in [0.1, 0.15) is 5.56 Å². The first kappa shape index (κ1) is 13.7. The fraction of sp³-hybridized carbons (Fsp3) is 0.0909. The minimum absolute atomic E-state index is 0. The fourth-order valence-corrected chi connectivity index (χ4v) is 1.59. The molecule has 0 aliphatic heterocycles. The standard InChI is InChI=1S/C11H8F2N2S.ClH/c12-9-4-8(5-10(13)6-9)7-15-3-1-2-14-11(15)16;/h1-6H,7H2;1H. The molecule has 2 aromatic rings. The Balaban J connectivity index is 0.00000144. The summed E-state index contributed by atoms with van der Waals surface area (Å²) >= 11 is 4.98. The van der Waals surface area contributed by atoms with Gasteiger partial charge in [0, 0.05) is 25.0 Å². The third-order valence-corrected chi connectivity index (χ3v) is 2.40. The zero-order valence-electron chi connectivity index (χ0n) is 8.64. The average molecular weight is 275 g/mol. The highest BCUT2D eigenvalue weighted by atomic mass is 35.5. The van der Waals surface area contributed by atoms with Crippen LogP contribution in [-0.4, -0.2) is 9.55 Å². The maximum atomic E-state index is 12.9. The van der Waals surface area contributed by atoms with Crippen LogP contribution in [0.3, 0.4) is 0 Å². The van der Waals surface area contributed by atoms with Gasteiger partial charge in [-0.25, -0.2) is 13.8 Å². The second-order valence-electron chi connectivity index (χ2n) is 3.31. The summed E-state index contributed by atoms with van der Waals surface area (Å²) in [5, 5.41) is 0.